The second kappa shape index (κ2) is 5.10. The zero-order chi connectivity index (χ0) is 10.6. The van der Waals surface area contributed by atoms with Crippen LogP contribution in [0.2, 0.25) is 0 Å². The topological polar surface area (TPSA) is 46.6 Å². The molecule has 80 valence electrons. The number of Topliss-reactive ketones (excluding diaryl/α,β-unsaturated/α-hetero) is 1. The first-order valence-corrected chi connectivity index (χ1v) is 4.89. The summed E-state index contributed by atoms with van der Waals surface area (Å²) >= 11 is 0. The molecule has 1 aliphatic rings. The molecule has 1 rings (SSSR count). The van der Waals surface area contributed by atoms with Gasteiger partial charge in [0.25, 0.3) is 0 Å². The Bertz CT molecular complexity index is 227. The highest BCUT2D eigenvalue weighted by atomic mass is 16.5. The fourth-order valence-corrected chi connectivity index (χ4v) is 1.76. The number of amides is 1. The van der Waals surface area contributed by atoms with Crippen molar-refractivity contribution in [3.8, 4) is 0 Å². The predicted molar refractivity (Wildman–Crippen MR) is 51.9 cm³/mol. The van der Waals surface area contributed by atoms with E-state index in [2.05, 4.69) is 0 Å². The summed E-state index contributed by atoms with van der Waals surface area (Å²) in [5.41, 5.74) is 0. The Balaban J connectivity index is 2.34. The van der Waals surface area contributed by atoms with Crippen LogP contribution in [0.4, 0.5) is 0 Å². The van der Waals surface area contributed by atoms with E-state index in [0.717, 1.165) is 19.5 Å². The van der Waals surface area contributed by atoms with E-state index in [-0.39, 0.29) is 18.1 Å². The fraction of sp³-hybridized carbons (Fsp3) is 0.800. The van der Waals surface area contributed by atoms with Crippen LogP contribution in [0.5, 0.6) is 0 Å². The SMILES string of the molecule is COCC1CCN(C(=O)CC(C)=O)C1. The lowest BCUT2D eigenvalue weighted by atomic mass is 10.1. The monoisotopic (exact) mass is 199 g/mol. The van der Waals surface area contributed by atoms with Gasteiger partial charge >= 0.3 is 0 Å². The molecule has 1 amide bonds. The van der Waals surface area contributed by atoms with Crippen LogP contribution in [-0.4, -0.2) is 43.4 Å². The van der Waals surface area contributed by atoms with Gasteiger partial charge in [-0.2, -0.15) is 0 Å². The Hall–Kier alpha value is -0.900. The molecule has 0 aromatic heterocycles. The van der Waals surface area contributed by atoms with Crippen LogP contribution in [0.3, 0.4) is 0 Å². The van der Waals surface area contributed by atoms with Gasteiger partial charge in [0, 0.05) is 26.1 Å². The Morgan fingerprint density at radius 3 is 2.79 bits per heavy atom. The van der Waals surface area contributed by atoms with Crippen molar-refractivity contribution in [3.05, 3.63) is 0 Å². The van der Waals surface area contributed by atoms with Crippen LogP contribution in [0.25, 0.3) is 0 Å². The number of likely N-dealkylation sites (tertiary alicyclic amines) is 1. The minimum Gasteiger partial charge on any atom is -0.384 e. The lowest BCUT2D eigenvalue weighted by Crippen LogP contribution is -2.30. The van der Waals surface area contributed by atoms with Crippen LogP contribution in [-0.2, 0) is 14.3 Å². The van der Waals surface area contributed by atoms with Crippen LogP contribution in [0.1, 0.15) is 19.8 Å². The van der Waals surface area contributed by atoms with Crippen molar-refractivity contribution < 1.29 is 14.3 Å². The fourth-order valence-electron chi connectivity index (χ4n) is 1.76. The van der Waals surface area contributed by atoms with E-state index >= 15 is 0 Å². The van der Waals surface area contributed by atoms with Gasteiger partial charge < -0.3 is 9.64 Å². The Kier molecular flexibility index (Phi) is 4.07. The van der Waals surface area contributed by atoms with Gasteiger partial charge in [-0.25, -0.2) is 0 Å². The molecule has 1 aliphatic heterocycles. The summed E-state index contributed by atoms with van der Waals surface area (Å²) in [4.78, 5) is 24.0. The zero-order valence-electron chi connectivity index (χ0n) is 8.78. The number of ether oxygens (including phenoxy) is 1. The van der Waals surface area contributed by atoms with Crippen LogP contribution >= 0.6 is 0 Å². The average Bonchev–Trinajstić information content (AvgIpc) is 2.52. The molecule has 4 heteroatoms. The van der Waals surface area contributed by atoms with Crippen molar-refractivity contribution in [2.75, 3.05) is 26.8 Å². The molecule has 1 saturated heterocycles. The average molecular weight is 199 g/mol. The first kappa shape index (κ1) is 11.2. The van der Waals surface area contributed by atoms with Crippen LogP contribution in [0.15, 0.2) is 0 Å². The first-order valence-electron chi connectivity index (χ1n) is 4.89. The molecule has 1 fully saturated rings. The maximum atomic E-state index is 11.5. The van der Waals surface area contributed by atoms with E-state index in [9.17, 15) is 9.59 Å². The maximum absolute atomic E-state index is 11.5. The van der Waals surface area contributed by atoms with E-state index in [1.165, 1.54) is 6.92 Å². The quantitative estimate of drug-likeness (QED) is 0.618. The van der Waals surface area contributed by atoms with E-state index < -0.39 is 0 Å². The molecular formula is C10H17NO3. The number of methoxy groups -OCH3 is 1. The van der Waals surface area contributed by atoms with Crippen LogP contribution < -0.4 is 0 Å². The molecule has 0 aromatic carbocycles. The third-order valence-electron chi connectivity index (χ3n) is 2.44. The minimum atomic E-state index is -0.0646. The first-order chi connectivity index (χ1) is 6.63. The molecule has 1 atom stereocenters. The molecule has 0 saturated carbocycles. The number of hydrogen-bond donors (Lipinski definition) is 0. The normalized spacial score (nSPS) is 21.3. The molecule has 0 aromatic rings. The molecule has 0 bridgehead atoms. The summed E-state index contributed by atoms with van der Waals surface area (Å²) in [6, 6.07) is 0. The molecule has 4 nitrogen and oxygen atoms in total. The van der Waals surface area contributed by atoms with Gasteiger partial charge in [0.1, 0.15) is 5.78 Å². The number of carbonyl (C=O) groups is 2. The maximum Gasteiger partial charge on any atom is 0.230 e. The van der Waals surface area contributed by atoms with Crippen LogP contribution in [0, 0.1) is 5.92 Å². The smallest absolute Gasteiger partial charge is 0.230 e. The molecule has 1 unspecified atom stereocenters. The van der Waals surface area contributed by atoms with E-state index in [1.54, 1.807) is 12.0 Å². The van der Waals surface area contributed by atoms with Crippen molar-refractivity contribution in [2.45, 2.75) is 19.8 Å². The summed E-state index contributed by atoms with van der Waals surface area (Å²) in [5.74, 6) is 0.331. The second-order valence-corrected chi connectivity index (χ2v) is 3.83. The zero-order valence-corrected chi connectivity index (χ0v) is 8.78. The number of rotatable bonds is 4. The Morgan fingerprint density at radius 2 is 2.21 bits per heavy atom. The standard InChI is InChI=1S/C10H17NO3/c1-8(12)5-10(13)11-4-3-9(6-11)7-14-2/h9H,3-7H2,1-2H3. The molecule has 1 heterocycles. The van der Waals surface area contributed by atoms with Crippen molar-refractivity contribution in [1.29, 1.82) is 0 Å². The van der Waals surface area contributed by atoms with E-state index in [1.807, 2.05) is 0 Å². The van der Waals surface area contributed by atoms with Gasteiger partial charge in [-0.3, -0.25) is 9.59 Å². The number of nitrogens with zero attached hydrogens (tertiary/aromatic N) is 1. The van der Waals surface area contributed by atoms with Gasteiger partial charge in [0.05, 0.1) is 13.0 Å². The predicted octanol–water partition coefficient (Wildman–Crippen LogP) is 0.460. The van der Waals surface area contributed by atoms with Gasteiger partial charge in [-0.1, -0.05) is 0 Å². The molecule has 14 heavy (non-hydrogen) atoms. The van der Waals surface area contributed by atoms with Gasteiger partial charge in [0.15, 0.2) is 0 Å². The lowest BCUT2D eigenvalue weighted by Gasteiger charge is -2.15. The number of hydrogen-bond acceptors (Lipinski definition) is 3. The van der Waals surface area contributed by atoms with Crippen molar-refractivity contribution in [1.82, 2.24) is 4.90 Å². The molecule has 0 aliphatic carbocycles. The minimum absolute atomic E-state index is 0.0414. The Labute approximate surface area is 84.2 Å². The lowest BCUT2D eigenvalue weighted by molar-refractivity contribution is -0.134. The summed E-state index contributed by atoms with van der Waals surface area (Å²) in [7, 11) is 1.67. The summed E-state index contributed by atoms with van der Waals surface area (Å²) < 4.78 is 5.03. The van der Waals surface area contributed by atoms with E-state index in [0.29, 0.717) is 12.5 Å². The van der Waals surface area contributed by atoms with Crippen molar-refractivity contribution in [3.63, 3.8) is 0 Å². The highest BCUT2D eigenvalue weighted by Crippen LogP contribution is 2.16. The highest BCUT2D eigenvalue weighted by molar-refractivity contribution is 5.96. The summed E-state index contributed by atoms with van der Waals surface area (Å²) in [5, 5.41) is 0. The molecular weight excluding hydrogens is 182 g/mol. The van der Waals surface area contributed by atoms with Crippen molar-refractivity contribution in [2.24, 2.45) is 5.92 Å². The third-order valence-corrected chi connectivity index (χ3v) is 2.44. The van der Waals surface area contributed by atoms with Gasteiger partial charge in [-0.05, 0) is 13.3 Å². The van der Waals surface area contributed by atoms with Gasteiger partial charge in [0.2, 0.25) is 5.91 Å². The van der Waals surface area contributed by atoms with Gasteiger partial charge in [-0.15, -0.1) is 0 Å². The molecule has 0 spiro atoms. The largest absolute Gasteiger partial charge is 0.384 e. The Morgan fingerprint density at radius 1 is 1.50 bits per heavy atom. The summed E-state index contributed by atoms with van der Waals surface area (Å²) in [6.07, 6.45) is 1.02. The highest BCUT2D eigenvalue weighted by Gasteiger charge is 2.26. The second-order valence-electron chi connectivity index (χ2n) is 3.83. The van der Waals surface area contributed by atoms with Crippen molar-refractivity contribution >= 4 is 11.7 Å². The molecule has 0 N–H and O–H groups in total. The number of carbonyl (C=O) groups excluding carboxylic acids is 2. The summed E-state index contributed by atoms with van der Waals surface area (Å²) in [6.45, 7) is 3.64. The third kappa shape index (κ3) is 3.10. The van der Waals surface area contributed by atoms with E-state index in [4.69, 9.17) is 4.74 Å². The molecule has 0 radical (unpaired) electrons. The number of ketones is 1.